The predicted octanol–water partition coefficient (Wildman–Crippen LogP) is 2.73. The highest BCUT2D eigenvalue weighted by Crippen LogP contribution is 2.29. The fraction of sp³-hybridized carbons (Fsp3) is 0.200. The SMILES string of the molecule is Cc1cc(C(F)(F)F)nn1-c1ccc(F)nc1. The van der Waals surface area contributed by atoms with Crippen LogP contribution >= 0.6 is 0 Å². The number of hydrogen-bond acceptors (Lipinski definition) is 2. The molecule has 0 radical (unpaired) electrons. The summed E-state index contributed by atoms with van der Waals surface area (Å²) in [4.78, 5) is 3.36. The van der Waals surface area contributed by atoms with Crippen molar-refractivity contribution >= 4 is 0 Å². The number of pyridine rings is 1. The lowest BCUT2D eigenvalue weighted by Crippen LogP contribution is -2.07. The molecule has 0 bridgehead atoms. The summed E-state index contributed by atoms with van der Waals surface area (Å²) in [6.07, 6.45) is -3.38. The molecule has 0 aliphatic rings. The molecular weight excluding hydrogens is 238 g/mol. The Hall–Kier alpha value is -1.92. The Kier molecular flexibility index (Phi) is 2.60. The smallest absolute Gasteiger partial charge is 0.236 e. The van der Waals surface area contributed by atoms with E-state index in [9.17, 15) is 17.6 Å². The first-order chi connectivity index (χ1) is 7.88. The van der Waals surface area contributed by atoms with Gasteiger partial charge in [-0.2, -0.15) is 22.7 Å². The van der Waals surface area contributed by atoms with Crippen molar-refractivity contribution in [1.29, 1.82) is 0 Å². The molecule has 0 aliphatic heterocycles. The average Bonchev–Trinajstić information content (AvgIpc) is 2.61. The molecule has 0 fully saturated rings. The first-order valence-corrected chi connectivity index (χ1v) is 4.64. The fourth-order valence-electron chi connectivity index (χ4n) is 1.37. The number of halogens is 4. The van der Waals surface area contributed by atoms with E-state index in [2.05, 4.69) is 10.1 Å². The zero-order chi connectivity index (χ0) is 12.6. The van der Waals surface area contributed by atoms with E-state index in [1.165, 1.54) is 13.0 Å². The maximum absolute atomic E-state index is 12.6. The van der Waals surface area contributed by atoms with Gasteiger partial charge in [0.2, 0.25) is 5.95 Å². The van der Waals surface area contributed by atoms with E-state index >= 15 is 0 Å². The van der Waals surface area contributed by atoms with E-state index in [1.54, 1.807) is 0 Å². The van der Waals surface area contributed by atoms with Gasteiger partial charge in [0.05, 0.1) is 11.9 Å². The fourth-order valence-corrected chi connectivity index (χ4v) is 1.37. The molecule has 0 amide bonds. The van der Waals surface area contributed by atoms with E-state index in [0.29, 0.717) is 5.69 Å². The van der Waals surface area contributed by atoms with Crippen LogP contribution in [0.5, 0.6) is 0 Å². The minimum atomic E-state index is -4.50. The van der Waals surface area contributed by atoms with Crippen LogP contribution in [0.4, 0.5) is 17.6 Å². The largest absolute Gasteiger partial charge is 0.435 e. The third-order valence-corrected chi connectivity index (χ3v) is 2.13. The summed E-state index contributed by atoms with van der Waals surface area (Å²) in [6.45, 7) is 1.48. The van der Waals surface area contributed by atoms with Crippen LogP contribution in [-0.2, 0) is 6.18 Å². The van der Waals surface area contributed by atoms with Crippen LogP contribution in [0.25, 0.3) is 5.69 Å². The van der Waals surface area contributed by atoms with Gasteiger partial charge in [0.15, 0.2) is 5.69 Å². The number of alkyl halides is 3. The van der Waals surface area contributed by atoms with Crippen molar-refractivity contribution in [2.75, 3.05) is 0 Å². The zero-order valence-corrected chi connectivity index (χ0v) is 8.66. The molecule has 0 spiro atoms. The molecule has 2 aromatic heterocycles. The van der Waals surface area contributed by atoms with Crippen LogP contribution in [0.2, 0.25) is 0 Å². The van der Waals surface area contributed by atoms with E-state index in [1.807, 2.05) is 0 Å². The van der Waals surface area contributed by atoms with Gasteiger partial charge >= 0.3 is 6.18 Å². The second-order valence-electron chi connectivity index (χ2n) is 3.42. The quantitative estimate of drug-likeness (QED) is 0.571. The molecule has 3 nitrogen and oxygen atoms in total. The van der Waals surface area contributed by atoms with Crippen LogP contribution < -0.4 is 0 Å². The molecule has 2 heterocycles. The molecule has 7 heteroatoms. The molecule has 2 aromatic rings. The molecule has 0 aromatic carbocycles. The van der Waals surface area contributed by atoms with Gasteiger partial charge in [-0.15, -0.1) is 0 Å². The lowest BCUT2D eigenvalue weighted by molar-refractivity contribution is -0.141. The van der Waals surface area contributed by atoms with Crippen molar-refractivity contribution in [1.82, 2.24) is 14.8 Å². The molecule has 90 valence electrons. The summed E-state index contributed by atoms with van der Waals surface area (Å²) >= 11 is 0. The lowest BCUT2D eigenvalue weighted by Gasteiger charge is -2.03. The van der Waals surface area contributed by atoms with Crippen LogP contribution in [0.15, 0.2) is 24.4 Å². The van der Waals surface area contributed by atoms with Crippen molar-refractivity contribution < 1.29 is 17.6 Å². The second kappa shape index (κ2) is 3.83. The third-order valence-electron chi connectivity index (χ3n) is 2.13. The Bertz CT molecular complexity index is 527. The lowest BCUT2D eigenvalue weighted by atomic mass is 10.3. The van der Waals surface area contributed by atoms with Gasteiger partial charge in [-0.3, -0.25) is 0 Å². The molecule has 2 rings (SSSR count). The van der Waals surface area contributed by atoms with E-state index in [0.717, 1.165) is 23.0 Å². The third kappa shape index (κ3) is 2.27. The van der Waals surface area contributed by atoms with Crippen molar-refractivity contribution in [2.24, 2.45) is 0 Å². The van der Waals surface area contributed by atoms with Gasteiger partial charge in [0, 0.05) is 5.69 Å². The highest BCUT2D eigenvalue weighted by molar-refractivity contribution is 5.30. The van der Waals surface area contributed by atoms with Gasteiger partial charge in [-0.25, -0.2) is 9.67 Å². The monoisotopic (exact) mass is 245 g/mol. The molecule has 0 N–H and O–H groups in total. The van der Waals surface area contributed by atoms with Crippen molar-refractivity contribution in [3.63, 3.8) is 0 Å². The normalized spacial score (nSPS) is 11.8. The maximum Gasteiger partial charge on any atom is 0.435 e. The Balaban J connectivity index is 2.46. The molecule has 0 atom stereocenters. The van der Waals surface area contributed by atoms with Gasteiger partial charge in [-0.05, 0) is 25.1 Å². The zero-order valence-electron chi connectivity index (χ0n) is 8.66. The summed E-state index contributed by atoms with van der Waals surface area (Å²) in [5.74, 6) is -0.699. The molecule has 0 saturated heterocycles. The minimum absolute atomic E-state index is 0.277. The Morgan fingerprint density at radius 1 is 1.24 bits per heavy atom. The van der Waals surface area contributed by atoms with E-state index < -0.39 is 17.8 Å². The number of rotatable bonds is 1. The van der Waals surface area contributed by atoms with Gasteiger partial charge in [-0.1, -0.05) is 0 Å². The number of aryl methyl sites for hydroxylation is 1. The van der Waals surface area contributed by atoms with E-state index in [4.69, 9.17) is 0 Å². The number of hydrogen-bond donors (Lipinski definition) is 0. The van der Waals surface area contributed by atoms with E-state index in [-0.39, 0.29) is 5.69 Å². The summed E-state index contributed by atoms with van der Waals surface area (Å²) in [5, 5.41) is 3.41. The summed E-state index contributed by atoms with van der Waals surface area (Å²) in [7, 11) is 0. The summed E-state index contributed by atoms with van der Waals surface area (Å²) < 4.78 is 50.9. The molecule has 0 saturated carbocycles. The molecule has 0 unspecified atom stereocenters. The van der Waals surface area contributed by atoms with Crippen LogP contribution in [0.3, 0.4) is 0 Å². The van der Waals surface area contributed by atoms with Crippen molar-refractivity contribution in [3.05, 3.63) is 41.7 Å². The standard InChI is InChI=1S/C10H7F4N3/c1-6-4-8(10(12,13)14)16-17(6)7-2-3-9(11)15-5-7/h2-5H,1H3. The van der Waals surface area contributed by atoms with Crippen LogP contribution in [0, 0.1) is 12.9 Å². The first kappa shape index (κ1) is 11.6. The van der Waals surface area contributed by atoms with Crippen molar-refractivity contribution in [2.45, 2.75) is 13.1 Å². The van der Waals surface area contributed by atoms with Crippen LogP contribution in [0.1, 0.15) is 11.4 Å². The minimum Gasteiger partial charge on any atom is -0.236 e. The number of aromatic nitrogens is 3. The van der Waals surface area contributed by atoms with Gasteiger partial charge < -0.3 is 0 Å². The Labute approximate surface area is 93.7 Å². The van der Waals surface area contributed by atoms with Crippen LogP contribution in [-0.4, -0.2) is 14.8 Å². The van der Waals surface area contributed by atoms with Gasteiger partial charge in [0.1, 0.15) is 0 Å². The van der Waals surface area contributed by atoms with Gasteiger partial charge in [0.25, 0.3) is 0 Å². The Morgan fingerprint density at radius 2 is 1.94 bits per heavy atom. The maximum atomic E-state index is 12.6. The average molecular weight is 245 g/mol. The molecular formula is C10H7F4N3. The summed E-state index contributed by atoms with van der Waals surface area (Å²) in [6, 6.07) is 3.29. The molecule has 17 heavy (non-hydrogen) atoms. The first-order valence-electron chi connectivity index (χ1n) is 4.64. The highest BCUT2D eigenvalue weighted by Gasteiger charge is 2.34. The second-order valence-corrected chi connectivity index (χ2v) is 3.42. The molecule has 0 aliphatic carbocycles. The highest BCUT2D eigenvalue weighted by atomic mass is 19.4. The number of nitrogens with zero attached hydrogens (tertiary/aromatic N) is 3. The topological polar surface area (TPSA) is 30.7 Å². The predicted molar refractivity (Wildman–Crippen MR) is 51.1 cm³/mol. The summed E-state index contributed by atoms with van der Waals surface area (Å²) in [5.41, 5.74) is -0.413. The Morgan fingerprint density at radius 3 is 2.41 bits per heavy atom. The van der Waals surface area contributed by atoms with Crippen molar-refractivity contribution in [3.8, 4) is 5.69 Å².